The van der Waals surface area contributed by atoms with E-state index in [1.54, 1.807) is 22.7 Å². The van der Waals surface area contributed by atoms with Gasteiger partial charge in [0, 0.05) is 15.8 Å². The Hall–Kier alpha value is -1.64. The largest absolute Gasteiger partial charge is 0.334 e. The summed E-state index contributed by atoms with van der Waals surface area (Å²) in [6, 6.07) is 4.52. The van der Waals surface area contributed by atoms with Gasteiger partial charge in [-0.2, -0.15) is 0 Å². The first-order chi connectivity index (χ1) is 14.2. The molecule has 3 aromatic heterocycles. The van der Waals surface area contributed by atoms with E-state index in [1.807, 2.05) is 11.0 Å². The maximum Gasteiger partial charge on any atom is 0.259 e. The van der Waals surface area contributed by atoms with Crippen LogP contribution < -0.4 is 5.56 Å². The molecule has 2 aliphatic rings. The molecule has 1 amide bonds. The number of nitrogens with one attached hydrogen (secondary N) is 1. The zero-order chi connectivity index (χ0) is 19.8. The Morgan fingerprint density at radius 2 is 2.17 bits per heavy atom. The third-order valence-electron chi connectivity index (χ3n) is 5.55. The van der Waals surface area contributed by atoms with Crippen LogP contribution in [0.4, 0.5) is 0 Å². The molecule has 3 aromatic rings. The lowest BCUT2D eigenvalue weighted by molar-refractivity contribution is -0.129. The van der Waals surface area contributed by atoms with Gasteiger partial charge in [-0.1, -0.05) is 6.07 Å². The number of H-pyrrole nitrogens is 1. The smallest absolute Gasteiger partial charge is 0.259 e. The molecule has 0 radical (unpaired) electrons. The first-order valence-electron chi connectivity index (χ1n) is 10.1. The fourth-order valence-electron chi connectivity index (χ4n) is 3.97. The molecule has 0 saturated heterocycles. The zero-order valence-corrected chi connectivity index (χ0v) is 18.6. The standard InChI is InChI=1S/C21H23N3O2S3/c25-18(24(13-7-8-13)10-14-4-3-9-28-14)12-27-11-17-22-20(26)19-15-5-1-2-6-16(15)29-21(19)23-17/h3-4,9,13H,1-2,5-8,10-12H2,(H,22,23,26). The molecule has 3 heterocycles. The van der Waals surface area contributed by atoms with Gasteiger partial charge < -0.3 is 9.88 Å². The van der Waals surface area contributed by atoms with Crippen molar-refractivity contribution in [2.45, 2.75) is 56.9 Å². The quantitative estimate of drug-likeness (QED) is 0.587. The molecule has 0 bridgehead atoms. The number of carbonyl (C=O) groups excluding carboxylic acids is 1. The summed E-state index contributed by atoms with van der Waals surface area (Å²) in [7, 11) is 0. The van der Waals surface area contributed by atoms with E-state index in [9.17, 15) is 9.59 Å². The highest BCUT2D eigenvalue weighted by molar-refractivity contribution is 7.99. The first kappa shape index (κ1) is 19.3. The molecule has 8 heteroatoms. The van der Waals surface area contributed by atoms with Crippen LogP contribution in [0.2, 0.25) is 0 Å². The average molecular weight is 446 g/mol. The summed E-state index contributed by atoms with van der Waals surface area (Å²) in [5.41, 5.74) is 1.20. The Bertz CT molecular complexity index is 1080. The summed E-state index contributed by atoms with van der Waals surface area (Å²) >= 11 is 4.91. The number of aryl methyl sites for hydroxylation is 2. The molecule has 1 N–H and O–H groups in total. The molecule has 2 aliphatic carbocycles. The van der Waals surface area contributed by atoms with E-state index in [2.05, 4.69) is 16.4 Å². The van der Waals surface area contributed by atoms with Crippen molar-refractivity contribution in [2.75, 3.05) is 5.75 Å². The summed E-state index contributed by atoms with van der Waals surface area (Å²) in [6.45, 7) is 0.712. The van der Waals surface area contributed by atoms with Crippen molar-refractivity contribution < 1.29 is 4.79 Å². The number of rotatable bonds is 7. The van der Waals surface area contributed by atoms with Crippen LogP contribution in [0.15, 0.2) is 22.3 Å². The van der Waals surface area contributed by atoms with Crippen LogP contribution >= 0.6 is 34.4 Å². The lowest BCUT2D eigenvalue weighted by atomic mass is 9.97. The van der Waals surface area contributed by atoms with Crippen LogP contribution in [0, 0.1) is 0 Å². The number of hydrogen-bond donors (Lipinski definition) is 1. The van der Waals surface area contributed by atoms with Crippen LogP contribution in [0.25, 0.3) is 10.2 Å². The summed E-state index contributed by atoms with van der Waals surface area (Å²) in [5.74, 6) is 1.83. The van der Waals surface area contributed by atoms with Crippen molar-refractivity contribution in [3.05, 3.63) is 49.0 Å². The predicted octanol–water partition coefficient (Wildman–Crippen LogP) is 4.35. The molecule has 0 aromatic carbocycles. The number of carbonyl (C=O) groups is 1. The topological polar surface area (TPSA) is 66.1 Å². The van der Waals surface area contributed by atoms with Crippen molar-refractivity contribution in [1.29, 1.82) is 0 Å². The summed E-state index contributed by atoms with van der Waals surface area (Å²) < 4.78 is 0. The second-order valence-corrected chi connectivity index (χ2v) is 10.8. The maximum atomic E-state index is 12.8. The number of thiophene rings is 2. The molecule has 5 nitrogen and oxygen atoms in total. The minimum atomic E-state index is -0.0198. The van der Waals surface area contributed by atoms with Crippen LogP contribution in [-0.2, 0) is 29.9 Å². The molecule has 1 saturated carbocycles. The van der Waals surface area contributed by atoms with E-state index in [0.717, 1.165) is 42.3 Å². The van der Waals surface area contributed by atoms with Crippen molar-refractivity contribution in [2.24, 2.45) is 0 Å². The number of aromatic amines is 1. The molecule has 1 fully saturated rings. The van der Waals surface area contributed by atoms with Gasteiger partial charge in [0.2, 0.25) is 5.91 Å². The first-order valence-corrected chi connectivity index (χ1v) is 13.0. The minimum Gasteiger partial charge on any atom is -0.334 e. The van der Waals surface area contributed by atoms with E-state index < -0.39 is 0 Å². The molecule has 152 valence electrons. The van der Waals surface area contributed by atoms with Crippen molar-refractivity contribution in [3.63, 3.8) is 0 Å². The Balaban J connectivity index is 1.24. The van der Waals surface area contributed by atoms with Gasteiger partial charge in [0.1, 0.15) is 10.7 Å². The number of amides is 1. The van der Waals surface area contributed by atoms with Gasteiger partial charge in [0.15, 0.2) is 0 Å². The molecule has 0 spiro atoms. The molecule has 5 rings (SSSR count). The number of aromatic nitrogens is 2. The van der Waals surface area contributed by atoms with E-state index in [4.69, 9.17) is 4.98 Å². The van der Waals surface area contributed by atoms with Crippen molar-refractivity contribution in [3.8, 4) is 0 Å². The zero-order valence-electron chi connectivity index (χ0n) is 16.1. The second-order valence-electron chi connectivity index (χ2n) is 7.73. The molecular weight excluding hydrogens is 422 g/mol. The number of nitrogens with zero attached hydrogens (tertiary/aromatic N) is 2. The Morgan fingerprint density at radius 3 is 2.97 bits per heavy atom. The molecular formula is C21H23N3O2S3. The molecule has 0 aliphatic heterocycles. The summed E-state index contributed by atoms with van der Waals surface area (Å²) in [6.07, 6.45) is 6.62. The van der Waals surface area contributed by atoms with E-state index in [-0.39, 0.29) is 11.5 Å². The van der Waals surface area contributed by atoms with Crippen molar-refractivity contribution >= 4 is 50.6 Å². The predicted molar refractivity (Wildman–Crippen MR) is 121 cm³/mol. The van der Waals surface area contributed by atoms with Crippen molar-refractivity contribution in [1.82, 2.24) is 14.9 Å². The van der Waals surface area contributed by atoms with Crippen LogP contribution in [0.1, 0.15) is 46.8 Å². The fourth-order valence-corrected chi connectivity index (χ4v) is 6.73. The summed E-state index contributed by atoms with van der Waals surface area (Å²) in [4.78, 5) is 38.5. The second kappa shape index (κ2) is 8.24. The normalized spacial score (nSPS) is 16.1. The number of fused-ring (bicyclic) bond motifs is 3. The Kier molecular flexibility index (Phi) is 5.49. The van der Waals surface area contributed by atoms with E-state index in [1.165, 1.54) is 33.5 Å². The Labute approximate surface area is 181 Å². The molecule has 0 unspecified atom stereocenters. The van der Waals surface area contributed by atoms with Crippen LogP contribution in [0.3, 0.4) is 0 Å². The minimum absolute atomic E-state index is 0.0198. The van der Waals surface area contributed by atoms with Gasteiger partial charge in [-0.15, -0.1) is 34.4 Å². The fraction of sp³-hybridized carbons (Fsp3) is 0.476. The van der Waals surface area contributed by atoms with Crippen LogP contribution in [-0.4, -0.2) is 32.6 Å². The van der Waals surface area contributed by atoms with Gasteiger partial charge in [-0.05, 0) is 55.5 Å². The third kappa shape index (κ3) is 4.15. The van der Waals surface area contributed by atoms with Gasteiger partial charge in [0.25, 0.3) is 5.56 Å². The maximum absolute atomic E-state index is 12.8. The van der Waals surface area contributed by atoms with Gasteiger partial charge in [-0.25, -0.2) is 4.98 Å². The third-order valence-corrected chi connectivity index (χ3v) is 8.53. The Morgan fingerprint density at radius 1 is 1.31 bits per heavy atom. The van der Waals surface area contributed by atoms with Crippen LogP contribution in [0.5, 0.6) is 0 Å². The highest BCUT2D eigenvalue weighted by Gasteiger charge is 2.32. The lowest BCUT2D eigenvalue weighted by Gasteiger charge is -2.21. The average Bonchev–Trinajstić information content (AvgIpc) is 3.28. The highest BCUT2D eigenvalue weighted by Crippen LogP contribution is 2.34. The summed E-state index contributed by atoms with van der Waals surface area (Å²) in [5, 5.41) is 2.85. The SMILES string of the molecule is O=C(CSCc1nc2sc3c(c2c(=O)[nH]1)CCCC3)N(Cc1cccs1)C1CC1. The lowest BCUT2D eigenvalue weighted by Crippen LogP contribution is -2.33. The van der Waals surface area contributed by atoms with Gasteiger partial charge in [-0.3, -0.25) is 9.59 Å². The molecule has 0 atom stereocenters. The van der Waals surface area contributed by atoms with E-state index in [0.29, 0.717) is 29.9 Å². The number of thioether (sulfide) groups is 1. The van der Waals surface area contributed by atoms with Gasteiger partial charge >= 0.3 is 0 Å². The number of hydrogen-bond acceptors (Lipinski definition) is 6. The van der Waals surface area contributed by atoms with Gasteiger partial charge in [0.05, 0.1) is 23.4 Å². The highest BCUT2D eigenvalue weighted by atomic mass is 32.2. The monoisotopic (exact) mass is 445 g/mol. The van der Waals surface area contributed by atoms with E-state index >= 15 is 0 Å². The molecule has 29 heavy (non-hydrogen) atoms.